The predicted octanol–water partition coefficient (Wildman–Crippen LogP) is 2.36. The van der Waals surface area contributed by atoms with E-state index >= 15 is 0 Å². The molecule has 7 nitrogen and oxygen atoms in total. The van der Waals surface area contributed by atoms with Crippen LogP contribution in [0.4, 0.5) is 4.39 Å². The molecule has 0 radical (unpaired) electrons. The molecular weight excluding hydrogens is 367 g/mol. The fourth-order valence-corrected chi connectivity index (χ4v) is 4.07. The summed E-state index contributed by atoms with van der Waals surface area (Å²) in [6.07, 6.45) is 2.29. The number of ether oxygens (including phenoxy) is 1. The zero-order valence-corrected chi connectivity index (χ0v) is 15.3. The molecule has 1 aromatic carbocycles. The maximum atomic E-state index is 13.8. The summed E-state index contributed by atoms with van der Waals surface area (Å²) in [5.41, 5.74) is -0.589. The number of aryl methyl sites for hydroxylation is 1. The number of rotatable bonds is 5. The molecule has 28 heavy (non-hydrogen) atoms. The number of fused-ring (bicyclic) bond motifs is 1. The van der Waals surface area contributed by atoms with E-state index < -0.39 is 17.2 Å². The second-order valence-corrected chi connectivity index (χ2v) is 7.36. The summed E-state index contributed by atoms with van der Waals surface area (Å²) in [7, 11) is 0. The second kappa shape index (κ2) is 7.35. The molecule has 3 heterocycles. The average Bonchev–Trinajstić information content (AvgIpc) is 3.32. The van der Waals surface area contributed by atoms with Crippen molar-refractivity contribution in [3.8, 4) is 11.3 Å². The number of carboxylic acid groups (broad SMARTS) is 1. The van der Waals surface area contributed by atoms with Gasteiger partial charge in [-0.3, -0.25) is 9.59 Å². The lowest BCUT2D eigenvalue weighted by molar-refractivity contribution is -0.157. The van der Waals surface area contributed by atoms with Crippen molar-refractivity contribution in [3.63, 3.8) is 0 Å². The van der Waals surface area contributed by atoms with Crippen molar-refractivity contribution in [3.05, 3.63) is 42.2 Å². The van der Waals surface area contributed by atoms with Gasteiger partial charge < -0.3 is 19.2 Å². The molecule has 1 aromatic heterocycles. The van der Waals surface area contributed by atoms with Gasteiger partial charge in [0.25, 0.3) is 0 Å². The number of carboxylic acids is 1. The molecule has 2 fully saturated rings. The molecule has 2 atom stereocenters. The van der Waals surface area contributed by atoms with Gasteiger partial charge in [-0.25, -0.2) is 9.37 Å². The number of carbonyl (C=O) groups excluding carboxylic acids is 1. The van der Waals surface area contributed by atoms with Crippen LogP contribution in [0.3, 0.4) is 0 Å². The van der Waals surface area contributed by atoms with Crippen molar-refractivity contribution < 1.29 is 28.2 Å². The Morgan fingerprint density at radius 3 is 2.93 bits per heavy atom. The third-order valence-electron chi connectivity index (χ3n) is 5.73. The highest BCUT2D eigenvalue weighted by Crippen LogP contribution is 2.42. The van der Waals surface area contributed by atoms with Crippen LogP contribution < -0.4 is 0 Å². The normalized spacial score (nSPS) is 24.2. The quantitative estimate of drug-likeness (QED) is 0.845. The Morgan fingerprint density at radius 2 is 2.18 bits per heavy atom. The number of likely N-dealkylation sites (tertiary alicyclic amines) is 1. The van der Waals surface area contributed by atoms with E-state index in [0.29, 0.717) is 43.4 Å². The van der Waals surface area contributed by atoms with E-state index in [-0.39, 0.29) is 31.2 Å². The molecule has 0 saturated carbocycles. The van der Waals surface area contributed by atoms with E-state index in [1.165, 1.54) is 12.3 Å². The molecule has 0 aliphatic carbocycles. The standard InChI is InChI=1S/C20H21FN2O5/c21-15-4-2-1-3-14(15)16-9-22-17(28-16)5-6-18(24)23-10-13-11-27-8-7-20(13,12-23)19(25)26/h1-4,9,13H,5-8,10-12H2,(H,25,26)/t13-,20+/m0/s1. The van der Waals surface area contributed by atoms with Gasteiger partial charge in [0, 0.05) is 38.5 Å². The summed E-state index contributed by atoms with van der Waals surface area (Å²) in [6.45, 7) is 1.36. The van der Waals surface area contributed by atoms with Crippen LogP contribution >= 0.6 is 0 Å². The van der Waals surface area contributed by atoms with Gasteiger partial charge in [0.2, 0.25) is 5.91 Å². The molecule has 0 unspecified atom stereocenters. The molecule has 2 aromatic rings. The van der Waals surface area contributed by atoms with Gasteiger partial charge >= 0.3 is 5.97 Å². The minimum absolute atomic E-state index is 0.138. The van der Waals surface area contributed by atoms with Crippen molar-refractivity contribution in [1.29, 1.82) is 0 Å². The monoisotopic (exact) mass is 388 g/mol. The maximum Gasteiger partial charge on any atom is 0.311 e. The Morgan fingerprint density at radius 1 is 1.36 bits per heavy atom. The topological polar surface area (TPSA) is 92.9 Å². The van der Waals surface area contributed by atoms with Crippen LogP contribution in [0.1, 0.15) is 18.7 Å². The number of oxazole rings is 1. The Hall–Kier alpha value is -2.74. The smallest absolute Gasteiger partial charge is 0.311 e. The largest absolute Gasteiger partial charge is 0.481 e. The van der Waals surface area contributed by atoms with Crippen LogP contribution in [0.5, 0.6) is 0 Å². The van der Waals surface area contributed by atoms with Crippen LogP contribution in [0.15, 0.2) is 34.9 Å². The zero-order valence-electron chi connectivity index (χ0n) is 15.3. The van der Waals surface area contributed by atoms with Crippen LogP contribution in [-0.2, 0) is 20.7 Å². The lowest BCUT2D eigenvalue weighted by Crippen LogP contribution is -2.45. The number of carbonyl (C=O) groups is 2. The van der Waals surface area contributed by atoms with Crippen LogP contribution in [0, 0.1) is 17.2 Å². The van der Waals surface area contributed by atoms with Crippen molar-refractivity contribution >= 4 is 11.9 Å². The Labute approximate surface area is 161 Å². The summed E-state index contributed by atoms with van der Waals surface area (Å²) in [6, 6.07) is 6.25. The molecule has 8 heteroatoms. The minimum Gasteiger partial charge on any atom is -0.481 e. The molecule has 2 aliphatic heterocycles. The van der Waals surface area contributed by atoms with Gasteiger partial charge in [0.1, 0.15) is 5.82 Å². The van der Waals surface area contributed by atoms with Crippen molar-refractivity contribution in [2.75, 3.05) is 26.3 Å². The third kappa shape index (κ3) is 3.28. The molecule has 0 bridgehead atoms. The van der Waals surface area contributed by atoms with Gasteiger partial charge in [-0.15, -0.1) is 0 Å². The van der Waals surface area contributed by atoms with Gasteiger partial charge in [0.05, 0.1) is 23.8 Å². The minimum atomic E-state index is -0.908. The van der Waals surface area contributed by atoms with Gasteiger partial charge in [0.15, 0.2) is 11.7 Å². The maximum absolute atomic E-state index is 13.8. The van der Waals surface area contributed by atoms with E-state index in [1.807, 2.05) is 0 Å². The first kappa shape index (κ1) is 18.6. The molecule has 1 N–H and O–H groups in total. The average molecular weight is 388 g/mol. The second-order valence-electron chi connectivity index (χ2n) is 7.36. The van der Waals surface area contributed by atoms with Crippen molar-refractivity contribution in [2.45, 2.75) is 19.3 Å². The molecule has 1 amide bonds. The number of aliphatic carboxylic acids is 1. The van der Waals surface area contributed by atoms with Crippen molar-refractivity contribution in [1.82, 2.24) is 9.88 Å². The predicted molar refractivity (Wildman–Crippen MR) is 95.8 cm³/mol. The van der Waals surface area contributed by atoms with Crippen LogP contribution in [0.2, 0.25) is 0 Å². The number of halogens is 1. The Balaban J connectivity index is 1.39. The highest BCUT2D eigenvalue weighted by Gasteiger charge is 2.54. The van der Waals surface area contributed by atoms with E-state index in [2.05, 4.69) is 4.98 Å². The van der Waals surface area contributed by atoms with E-state index in [1.54, 1.807) is 23.1 Å². The summed E-state index contributed by atoms with van der Waals surface area (Å²) in [5, 5.41) is 9.69. The molecular formula is C20H21FN2O5. The number of amides is 1. The highest BCUT2D eigenvalue weighted by atomic mass is 19.1. The van der Waals surface area contributed by atoms with E-state index in [4.69, 9.17) is 9.15 Å². The number of benzene rings is 1. The molecule has 0 spiro atoms. The van der Waals surface area contributed by atoms with E-state index in [0.717, 1.165) is 0 Å². The Bertz CT molecular complexity index is 898. The molecule has 148 valence electrons. The van der Waals surface area contributed by atoms with Crippen LogP contribution in [0.25, 0.3) is 11.3 Å². The molecule has 2 saturated heterocycles. The lowest BCUT2D eigenvalue weighted by atomic mass is 9.74. The van der Waals surface area contributed by atoms with Gasteiger partial charge in [-0.1, -0.05) is 12.1 Å². The fraction of sp³-hybridized carbons (Fsp3) is 0.450. The van der Waals surface area contributed by atoms with Gasteiger partial charge in [-0.2, -0.15) is 0 Å². The van der Waals surface area contributed by atoms with Crippen molar-refractivity contribution in [2.24, 2.45) is 11.3 Å². The first-order chi connectivity index (χ1) is 13.5. The number of nitrogens with zero attached hydrogens (tertiary/aromatic N) is 2. The highest BCUT2D eigenvalue weighted by molar-refractivity contribution is 5.81. The first-order valence-electron chi connectivity index (χ1n) is 9.28. The SMILES string of the molecule is O=C(CCc1ncc(-c2ccccc2F)o1)N1C[C@H]2COCC[C@@]2(C(=O)O)C1. The van der Waals surface area contributed by atoms with Gasteiger partial charge in [-0.05, 0) is 18.6 Å². The fourth-order valence-electron chi connectivity index (χ4n) is 4.07. The zero-order chi connectivity index (χ0) is 19.7. The van der Waals surface area contributed by atoms with Crippen LogP contribution in [-0.4, -0.2) is 53.2 Å². The first-order valence-corrected chi connectivity index (χ1v) is 9.28. The number of hydrogen-bond acceptors (Lipinski definition) is 5. The third-order valence-corrected chi connectivity index (χ3v) is 5.73. The number of aromatic nitrogens is 1. The summed E-state index contributed by atoms with van der Waals surface area (Å²) in [5.74, 6) is -0.924. The molecule has 4 rings (SSSR count). The number of hydrogen-bond donors (Lipinski definition) is 1. The van der Waals surface area contributed by atoms with E-state index in [9.17, 15) is 19.1 Å². The summed E-state index contributed by atoms with van der Waals surface area (Å²) >= 11 is 0. The lowest BCUT2D eigenvalue weighted by Gasteiger charge is -2.33. The Kier molecular flexibility index (Phi) is 4.89. The summed E-state index contributed by atoms with van der Waals surface area (Å²) in [4.78, 5) is 30.2. The summed E-state index contributed by atoms with van der Waals surface area (Å²) < 4.78 is 24.8. The molecule has 2 aliphatic rings.